The van der Waals surface area contributed by atoms with Gasteiger partial charge in [0.15, 0.2) is 17.1 Å². The van der Waals surface area contributed by atoms with Gasteiger partial charge in [0.05, 0.1) is 17.0 Å². The van der Waals surface area contributed by atoms with Crippen molar-refractivity contribution in [1.82, 2.24) is 9.80 Å². The van der Waals surface area contributed by atoms with E-state index in [1.165, 1.54) is 29.5 Å². The second-order valence-electron chi connectivity index (χ2n) is 13.2. The number of phenolic OH excluding ortho intramolecular Hbond substituents is 1. The lowest BCUT2D eigenvalue weighted by molar-refractivity contribution is -0.410. The van der Waals surface area contributed by atoms with Crippen molar-refractivity contribution in [2.24, 2.45) is 5.92 Å². The van der Waals surface area contributed by atoms with Gasteiger partial charge in [0.2, 0.25) is 0 Å². The van der Waals surface area contributed by atoms with Gasteiger partial charge in [-0.3, -0.25) is 9.80 Å². The molecule has 39 heavy (non-hydrogen) atoms. The molecule has 2 saturated heterocycles. The Morgan fingerprint density at radius 3 is 2.23 bits per heavy atom. The minimum atomic E-state index is -0.819. The summed E-state index contributed by atoms with van der Waals surface area (Å²) in [4.78, 5) is 5.30. The van der Waals surface area contributed by atoms with E-state index in [-0.39, 0.29) is 11.8 Å². The highest BCUT2D eigenvalue weighted by Gasteiger charge is 2.99. The smallest absolute Gasteiger partial charge is 0.166 e. The first-order valence-electron chi connectivity index (χ1n) is 14.9. The van der Waals surface area contributed by atoms with Crippen LogP contribution in [0.3, 0.4) is 0 Å². The van der Waals surface area contributed by atoms with Crippen LogP contribution >= 0.6 is 0 Å². The molecule has 4 bridgehead atoms. The van der Waals surface area contributed by atoms with Gasteiger partial charge in [-0.1, -0.05) is 66.7 Å². The summed E-state index contributed by atoms with van der Waals surface area (Å²) in [5, 5.41) is 24.0. The van der Waals surface area contributed by atoms with Gasteiger partial charge in [-0.25, -0.2) is 0 Å². The number of benzene rings is 3. The van der Waals surface area contributed by atoms with E-state index in [2.05, 4.69) is 76.5 Å². The zero-order valence-electron chi connectivity index (χ0n) is 22.4. The highest BCUT2D eigenvalue weighted by atomic mass is 16.5. The van der Waals surface area contributed by atoms with Crippen LogP contribution in [-0.4, -0.2) is 55.9 Å². The maximum absolute atomic E-state index is 12.9. The van der Waals surface area contributed by atoms with Crippen molar-refractivity contribution in [1.29, 1.82) is 0 Å². The average Bonchev–Trinajstić information content (AvgIpc) is 3.73. The number of ether oxygens (including phenoxy) is 1. The van der Waals surface area contributed by atoms with Crippen molar-refractivity contribution < 1.29 is 14.9 Å². The largest absolute Gasteiger partial charge is 0.504 e. The molecule has 5 heteroatoms. The van der Waals surface area contributed by atoms with E-state index in [0.717, 1.165) is 63.3 Å². The fourth-order valence-electron chi connectivity index (χ4n) is 10.3. The number of hydrogen-bond acceptors (Lipinski definition) is 5. The van der Waals surface area contributed by atoms with Crippen molar-refractivity contribution in [2.75, 3.05) is 13.1 Å². The van der Waals surface area contributed by atoms with Crippen LogP contribution in [-0.2, 0) is 24.9 Å². The molecule has 0 radical (unpaired) electrons. The van der Waals surface area contributed by atoms with E-state index < -0.39 is 22.2 Å². The molecule has 8 aliphatic rings. The summed E-state index contributed by atoms with van der Waals surface area (Å²) in [6, 6.07) is 25.6. The monoisotopic (exact) mass is 520 g/mol. The first-order valence-corrected chi connectivity index (χ1v) is 14.9. The van der Waals surface area contributed by atoms with Crippen LogP contribution in [0, 0.1) is 5.92 Å². The number of aliphatic hydroxyl groups is 1. The normalized spacial score (nSPS) is 36.9. The molecule has 3 heterocycles. The van der Waals surface area contributed by atoms with Crippen LogP contribution in [0.15, 0.2) is 72.8 Å². The van der Waals surface area contributed by atoms with Crippen LogP contribution in [0.4, 0.5) is 0 Å². The summed E-state index contributed by atoms with van der Waals surface area (Å²) in [7, 11) is 0. The van der Waals surface area contributed by atoms with E-state index in [0.29, 0.717) is 5.75 Å². The number of phenols is 1. The Morgan fingerprint density at radius 2 is 1.56 bits per heavy atom. The van der Waals surface area contributed by atoms with Crippen LogP contribution in [0.1, 0.15) is 54.4 Å². The molecule has 3 aromatic rings. The molecular formula is C34H36N2O3. The van der Waals surface area contributed by atoms with Crippen molar-refractivity contribution in [3.63, 3.8) is 0 Å². The molecule has 0 aromatic heterocycles. The Hall–Kier alpha value is -2.86. The SMILES string of the molecule is Oc1ccc2c3c1O[C@@]14[C@H](N(Cc5ccccc5)Cc5ccccc5)CC[C@@]5(O)C1(C2)N(CC1CC1)CC[C@@]354. The van der Waals surface area contributed by atoms with Gasteiger partial charge in [-0.15, -0.1) is 0 Å². The lowest BCUT2D eigenvalue weighted by atomic mass is 9.24. The third-order valence-electron chi connectivity index (χ3n) is 11.6. The number of fused-ring (bicyclic) bond motifs is 4. The molecule has 0 amide bonds. The van der Waals surface area contributed by atoms with E-state index in [1.54, 1.807) is 0 Å². The maximum Gasteiger partial charge on any atom is 0.166 e. The van der Waals surface area contributed by atoms with Crippen LogP contribution < -0.4 is 4.74 Å². The van der Waals surface area contributed by atoms with Gasteiger partial charge in [0.1, 0.15) is 5.60 Å². The number of nitrogens with zero attached hydrogens (tertiary/aromatic N) is 2. The topological polar surface area (TPSA) is 56.2 Å². The highest BCUT2D eigenvalue weighted by Crippen LogP contribution is 2.85. The summed E-state index contributed by atoms with van der Waals surface area (Å²) >= 11 is 0. The Labute approximate surface area is 230 Å². The molecule has 200 valence electrons. The number of piperidine rings is 2. The lowest BCUT2D eigenvalue weighted by Crippen LogP contribution is -3.06. The number of aromatic hydroxyl groups is 1. The number of hydrogen-bond donors (Lipinski definition) is 2. The molecule has 3 aliphatic heterocycles. The van der Waals surface area contributed by atoms with E-state index in [4.69, 9.17) is 4.74 Å². The Kier molecular flexibility index (Phi) is 4.38. The molecule has 11 rings (SSSR count). The summed E-state index contributed by atoms with van der Waals surface area (Å²) in [5.41, 5.74) is 2.68. The molecule has 2 spiro atoms. The highest BCUT2D eigenvalue weighted by molar-refractivity contribution is 5.73. The third kappa shape index (κ3) is 2.46. The lowest BCUT2D eigenvalue weighted by Gasteiger charge is -2.87. The van der Waals surface area contributed by atoms with Gasteiger partial charge in [0, 0.05) is 31.7 Å². The molecule has 4 saturated carbocycles. The second-order valence-corrected chi connectivity index (χ2v) is 13.2. The predicted molar refractivity (Wildman–Crippen MR) is 149 cm³/mol. The zero-order valence-corrected chi connectivity index (χ0v) is 22.4. The first-order chi connectivity index (χ1) is 19.0. The number of rotatable bonds is 7. The molecule has 1 unspecified atom stereocenters. The van der Waals surface area contributed by atoms with E-state index in [1.807, 2.05) is 6.07 Å². The van der Waals surface area contributed by atoms with Gasteiger partial charge >= 0.3 is 0 Å². The summed E-state index contributed by atoms with van der Waals surface area (Å²) < 4.78 is 7.28. The standard InChI is InChI=1S/C34H36N2O3/c37-27-14-13-26-19-32-33(38)16-15-28(35(20-23-7-3-1-4-8-23)21-24-9-5-2-6-10-24)34(32)31(33,29(26)30(27)39-34)17-18-36(32)22-25-11-12-25/h1-10,13-14,25,28,37-38H,11-12,15-22H2/t28-,31-,32?,33+,34-/m1/s1. The molecule has 5 nitrogen and oxygen atoms in total. The average molecular weight is 521 g/mol. The van der Waals surface area contributed by atoms with Crippen LogP contribution in [0.5, 0.6) is 11.5 Å². The second kappa shape index (κ2) is 7.45. The van der Waals surface area contributed by atoms with Crippen LogP contribution in [0.25, 0.3) is 0 Å². The van der Waals surface area contributed by atoms with Crippen molar-refractivity contribution in [3.05, 3.63) is 95.1 Å². The third-order valence-corrected chi connectivity index (χ3v) is 11.6. The summed E-state index contributed by atoms with van der Waals surface area (Å²) in [5.74, 6) is 1.62. The van der Waals surface area contributed by atoms with Crippen molar-refractivity contribution in [2.45, 2.75) is 79.8 Å². The molecular weight excluding hydrogens is 484 g/mol. The quantitative estimate of drug-likeness (QED) is 0.470. The van der Waals surface area contributed by atoms with Gasteiger partial charge in [0.25, 0.3) is 0 Å². The van der Waals surface area contributed by atoms with Crippen molar-refractivity contribution >= 4 is 0 Å². The first kappa shape index (κ1) is 22.9. The molecule has 2 N–H and O–H groups in total. The molecule has 5 aliphatic carbocycles. The molecule has 6 fully saturated rings. The molecule has 5 atom stereocenters. The fraction of sp³-hybridized carbons (Fsp3) is 0.471. The van der Waals surface area contributed by atoms with Gasteiger partial charge in [-0.2, -0.15) is 0 Å². The van der Waals surface area contributed by atoms with Crippen LogP contribution in [0.2, 0.25) is 0 Å². The summed E-state index contributed by atoms with van der Waals surface area (Å²) in [6.45, 7) is 3.70. The van der Waals surface area contributed by atoms with Gasteiger partial charge in [-0.05, 0) is 67.2 Å². The zero-order chi connectivity index (χ0) is 26.0. The van der Waals surface area contributed by atoms with E-state index in [9.17, 15) is 10.2 Å². The van der Waals surface area contributed by atoms with E-state index >= 15 is 0 Å². The van der Waals surface area contributed by atoms with Gasteiger partial charge < -0.3 is 14.9 Å². The fourth-order valence-corrected chi connectivity index (χ4v) is 10.3. The maximum atomic E-state index is 12.9. The minimum Gasteiger partial charge on any atom is -0.504 e. The Balaban J connectivity index is 1.24. The van der Waals surface area contributed by atoms with Crippen molar-refractivity contribution in [3.8, 4) is 11.5 Å². The Morgan fingerprint density at radius 1 is 0.872 bits per heavy atom. The minimum absolute atomic E-state index is 0.119. The Bertz CT molecular complexity index is 1430. The predicted octanol–water partition coefficient (Wildman–Crippen LogP) is 4.78. The molecule has 3 aromatic carbocycles. The summed E-state index contributed by atoms with van der Waals surface area (Å²) in [6.07, 6.45) is 5.95.